The van der Waals surface area contributed by atoms with E-state index in [1.165, 1.54) is 10.4 Å². The van der Waals surface area contributed by atoms with Crippen molar-refractivity contribution in [2.45, 2.75) is 50.9 Å². The molecule has 224 valence electrons. The van der Waals surface area contributed by atoms with E-state index in [0.717, 1.165) is 6.42 Å². The Hall–Kier alpha value is -2.67. The van der Waals surface area contributed by atoms with Gasteiger partial charge in [-0.15, -0.1) is 6.42 Å². The first-order valence-electron chi connectivity index (χ1n) is 11.2. The van der Waals surface area contributed by atoms with E-state index >= 15 is 0 Å². The predicted octanol–water partition coefficient (Wildman–Crippen LogP) is 3.66. The molecule has 2 radical (unpaired) electrons. The van der Waals surface area contributed by atoms with Crippen LogP contribution < -0.4 is 10.4 Å². The third kappa shape index (κ3) is 16.1. The van der Waals surface area contributed by atoms with Gasteiger partial charge in [-0.3, -0.25) is 0 Å². The summed E-state index contributed by atoms with van der Waals surface area (Å²) in [5.41, 5.74) is 0. The number of hydrogen-bond acceptors (Lipinski definition) is 2. The predicted molar refractivity (Wildman–Crippen MR) is 143 cm³/mol. The molecule has 0 amide bonds. The van der Waals surface area contributed by atoms with Crippen LogP contribution in [0.3, 0.4) is 0 Å². The average molecular weight is 677 g/mol. The molecular formula is C31H30Co2O8Si. The van der Waals surface area contributed by atoms with E-state index in [-0.39, 0.29) is 50.6 Å². The van der Waals surface area contributed by atoms with Gasteiger partial charge in [0.15, 0.2) is 0 Å². The standard InChI is InChI=1S/C25H30O2Si.6CO.2Co/c1-5-21(26)19-20-13-12-18-24(20)27-28(25(2,3)4,22-14-8-6-9-15-22)23-16-10-7-11-17-23;6*1-2;;/h1,6-17,20-21,24,26H,18-19H2,2-4H3;;;;;;;;/t20-,21?,24-;;;;;;;;/m0......../s1. The van der Waals surface area contributed by atoms with Gasteiger partial charge in [0.1, 0.15) is 6.10 Å². The molecule has 1 unspecified atom stereocenters. The van der Waals surface area contributed by atoms with Crippen molar-refractivity contribution in [1.29, 1.82) is 0 Å². The summed E-state index contributed by atoms with van der Waals surface area (Å²) in [5.74, 6) is 2.58. The molecule has 8 nitrogen and oxygen atoms in total. The van der Waals surface area contributed by atoms with Crippen LogP contribution >= 0.6 is 0 Å². The molecular weight excluding hydrogens is 646 g/mol. The van der Waals surface area contributed by atoms with Crippen LogP contribution in [0.25, 0.3) is 0 Å². The number of benzene rings is 2. The zero-order valence-corrected chi connectivity index (χ0v) is 26.2. The van der Waals surface area contributed by atoms with Crippen molar-refractivity contribution < 1.29 is 71.0 Å². The van der Waals surface area contributed by atoms with E-state index in [9.17, 15) is 5.11 Å². The maximum Gasteiger partial charge on any atom is 0 e. The Labute approximate surface area is 270 Å². The summed E-state index contributed by atoms with van der Waals surface area (Å²) in [7, 11) is -2.59. The van der Waals surface area contributed by atoms with E-state index in [2.05, 4.69) is 139 Å². The molecule has 0 bridgehead atoms. The van der Waals surface area contributed by atoms with Gasteiger partial charge in [-0.25, -0.2) is 0 Å². The van der Waals surface area contributed by atoms with Crippen molar-refractivity contribution in [3.05, 3.63) is 113 Å². The fourth-order valence-electron chi connectivity index (χ4n) is 4.30. The van der Waals surface area contributed by atoms with Gasteiger partial charge in [0, 0.05) is 39.5 Å². The smallest absolute Gasteiger partial charge is 0 e. The number of terminal acetylenes is 1. The minimum atomic E-state index is -2.59. The zero-order chi connectivity index (χ0) is 32.2. The average Bonchev–Trinajstić information content (AvgIpc) is 3.48. The SMILES string of the molecule is C#CC(O)C[C@@H]1C=CC[C@@H]1O[Si](c1ccccc1)(c1ccccc1)C(C)(C)C.[C-]#[O+].[C-]#[O+].[C-]#[O+].[C-]#[O+].[C-]#[O+].[C-]#[O+].[Co].[Co]. The van der Waals surface area contributed by atoms with Gasteiger partial charge in [0.25, 0.3) is 8.32 Å². The largest absolute Gasteiger partial charge is 0 e. The Morgan fingerprint density at radius 3 is 1.48 bits per heavy atom. The molecule has 0 aliphatic heterocycles. The Morgan fingerprint density at radius 1 is 0.810 bits per heavy atom. The van der Waals surface area contributed by atoms with Gasteiger partial charge in [0.2, 0.25) is 0 Å². The number of rotatable bonds is 6. The number of hydrogen-bond donors (Lipinski definition) is 1. The summed E-state index contributed by atoms with van der Waals surface area (Å²) in [4.78, 5) is 0. The van der Waals surface area contributed by atoms with Crippen LogP contribution in [0.1, 0.15) is 33.6 Å². The number of aliphatic hydroxyl groups excluding tert-OH is 1. The van der Waals surface area contributed by atoms with Gasteiger partial charge < -0.3 is 9.53 Å². The first kappa shape index (κ1) is 52.0. The summed E-state index contributed by atoms with van der Waals surface area (Å²) < 4.78 is 52.2. The molecule has 42 heavy (non-hydrogen) atoms. The molecule has 11 heteroatoms. The summed E-state index contributed by atoms with van der Waals surface area (Å²) >= 11 is 0. The van der Waals surface area contributed by atoms with Gasteiger partial charge in [-0.05, 0) is 28.3 Å². The van der Waals surface area contributed by atoms with E-state index in [4.69, 9.17) is 38.8 Å². The summed E-state index contributed by atoms with van der Waals surface area (Å²) in [5, 5.41) is 12.5. The fraction of sp³-hybridized carbons (Fsp3) is 0.290. The second-order valence-electron chi connectivity index (χ2n) is 8.57. The second kappa shape index (κ2) is 32.8. The summed E-state index contributed by atoms with van der Waals surface area (Å²) in [6.45, 7) is 33.9. The Morgan fingerprint density at radius 2 is 1.17 bits per heavy atom. The molecule has 0 spiro atoms. The van der Waals surface area contributed by atoms with Crippen LogP contribution in [0.4, 0.5) is 0 Å². The maximum atomic E-state index is 10.0. The van der Waals surface area contributed by atoms with Crippen LogP contribution in [0.15, 0.2) is 72.8 Å². The van der Waals surface area contributed by atoms with Crippen molar-refractivity contribution in [3.63, 3.8) is 0 Å². The molecule has 1 aliphatic carbocycles. The Bertz CT molecular complexity index is 1030. The third-order valence-corrected chi connectivity index (χ3v) is 10.7. The molecule has 1 aliphatic rings. The van der Waals surface area contributed by atoms with E-state index < -0.39 is 14.4 Å². The van der Waals surface area contributed by atoms with Crippen LogP contribution in [0.2, 0.25) is 5.04 Å². The zero-order valence-electron chi connectivity index (χ0n) is 23.1. The molecule has 3 rings (SSSR count). The first-order valence-corrected chi connectivity index (χ1v) is 13.1. The van der Waals surface area contributed by atoms with Crippen molar-refractivity contribution in [1.82, 2.24) is 0 Å². The molecule has 0 saturated heterocycles. The van der Waals surface area contributed by atoms with E-state index in [0.29, 0.717) is 6.42 Å². The molecule has 0 heterocycles. The summed E-state index contributed by atoms with van der Waals surface area (Å²) in [6.07, 6.45) is 10.4. The molecule has 0 aromatic heterocycles. The van der Waals surface area contributed by atoms with Crippen molar-refractivity contribution in [3.8, 4) is 12.3 Å². The molecule has 1 N–H and O–H groups in total. The van der Waals surface area contributed by atoms with Crippen molar-refractivity contribution in [2.75, 3.05) is 0 Å². The van der Waals surface area contributed by atoms with Gasteiger partial charge in [0.05, 0.1) is 6.10 Å². The third-order valence-electron chi connectivity index (χ3n) is 5.66. The van der Waals surface area contributed by atoms with Crippen LogP contribution in [-0.4, -0.2) is 25.6 Å². The van der Waals surface area contributed by atoms with Gasteiger partial charge in [-0.1, -0.05) is 99.5 Å². The van der Waals surface area contributed by atoms with Gasteiger partial charge in [-0.2, -0.15) is 0 Å². The fourth-order valence-corrected chi connectivity index (χ4v) is 9.04. The van der Waals surface area contributed by atoms with Crippen LogP contribution in [-0.2, 0) is 65.9 Å². The van der Waals surface area contributed by atoms with Crippen LogP contribution in [0, 0.1) is 58.2 Å². The molecule has 3 atom stereocenters. The van der Waals surface area contributed by atoms with Crippen molar-refractivity contribution in [2.24, 2.45) is 5.92 Å². The molecule has 0 saturated carbocycles. The Kier molecular flexibility index (Phi) is 40.7. The van der Waals surface area contributed by atoms with Crippen LogP contribution in [0.5, 0.6) is 0 Å². The molecule has 2 aromatic carbocycles. The van der Waals surface area contributed by atoms with Crippen molar-refractivity contribution >= 4 is 18.7 Å². The number of aliphatic hydroxyl groups is 1. The molecule has 0 fully saturated rings. The normalized spacial score (nSPS) is 14.1. The van der Waals surface area contributed by atoms with Gasteiger partial charge >= 0.3 is 67.8 Å². The first-order chi connectivity index (χ1) is 19.4. The monoisotopic (exact) mass is 676 g/mol. The quantitative estimate of drug-likeness (QED) is 0.164. The minimum absolute atomic E-state index is 0. The maximum absolute atomic E-state index is 10.0. The van der Waals surface area contributed by atoms with E-state index in [1.54, 1.807) is 0 Å². The topological polar surface area (TPSA) is 149 Å². The molecule has 2 aromatic rings. The second-order valence-corrected chi connectivity index (χ2v) is 12.8. The summed E-state index contributed by atoms with van der Waals surface area (Å²) in [6, 6.07) is 21.3. The Balaban J connectivity index is -0.000000206. The van der Waals surface area contributed by atoms with E-state index in [1.807, 2.05) is 0 Å². The minimum Gasteiger partial charge on any atom is 0 e.